The minimum Gasteiger partial charge on any atom is -0.481 e. The van der Waals surface area contributed by atoms with Crippen LogP contribution in [0.4, 0.5) is 5.69 Å². The van der Waals surface area contributed by atoms with Crippen molar-refractivity contribution in [3.8, 4) is 5.75 Å². The van der Waals surface area contributed by atoms with Gasteiger partial charge in [-0.1, -0.05) is 24.3 Å². The molecule has 1 aliphatic rings. The van der Waals surface area contributed by atoms with Gasteiger partial charge in [-0.3, -0.25) is 14.9 Å². The summed E-state index contributed by atoms with van der Waals surface area (Å²) in [5.74, 6) is 0.234. The number of hydrogen-bond donors (Lipinski definition) is 1. The molecule has 0 aromatic heterocycles. The maximum Gasteiger partial charge on any atom is 0.269 e. The first-order chi connectivity index (χ1) is 12.0. The van der Waals surface area contributed by atoms with Crippen molar-refractivity contribution in [1.82, 2.24) is 5.32 Å². The highest BCUT2D eigenvalue weighted by Crippen LogP contribution is 2.29. The van der Waals surface area contributed by atoms with Gasteiger partial charge in [-0.15, -0.1) is 0 Å². The standard InChI is InChI=1S/C19H20N2O4/c1-13(25-16-11-9-15(10-12-16)21(23)24)19(22)20-18-8-4-6-14-5-2-3-7-17(14)18/h2-3,5,7,9-13,18H,4,6,8H2,1H3,(H,20,22)/t13-,18-/m0/s1. The minimum absolute atomic E-state index is 0.000334. The van der Waals surface area contributed by atoms with Gasteiger partial charge >= 0.3 is 0 Å². The van der Waals surface area contributed by atoms with Crippen LogP contribution in [0, 0.1) is 10.1 Å². The largest absolute Gasteiger partial charge is 0.481 e. The van der Waals surface area contributed by atoms with E-state index in [0.29, 0.717) is 5.75 Å². The zero-order valence-corrected chi connectivity index (χ0v) is 14.0. The van der Waals surface area contributed by atoms with Crippen LogP contribution in [0.25, 0.3) is 0 Å². The molecule has 130 valence electrons. The average molecular weight is 340 g/mol. The Bertz CT molecular complexity index is 773. The second-order valence-electron chi connectivity index (χ2n) is 6.16. The van der Waals surface area contributed by atoms with Crippen molar-refractivity contribution in [1.29, 1.82) is 0 Å². The van der Waals surface area contributed by atoms with Gasteiger partial charge in [0, 0.05) is 12.1 Å². The van der Waals surface area contributed by atoms with Gasteiger partial charge in [0.2, 0.25) is 0 Å². The number of nitrogens with one attached hydrogen (secondary N) is 1. The third kappa shape index (κ3) is 3.96. The molecule has 0 saturated carbocycles. The summed E-state index contributed by atoms with van der Waals surface area (Å²) in [5.41, 5.74) is 2.44. The summed E-state index contributed by atoms with van der Waals surface area (Å²) in [4.78, 5) is 22.6. The van der Waals surface area contributed by atoms with Crippen LogP contribution >= 0.6 is 0 Å². The molecule has 6 nitrogen and oxygen atoms in total. The molecule has 3 rings (SSSR count). The lowest BCUT2D eigenvalue weighted by Gasteiger charge is -2.27. The van der Waals surface area contributed by atoms with E-state index in [9.17, 15) is 14.9 Å². The molecule has 2 aromatic carbocycles. The molecule has 0 spiro atoms. The summed E-state index contributed by atoms with van der Waals surface area (Å²) in [7, 11) is 0. The molecule has 0 heterocycles. The zero-order valence-electron chi connectivity index (χ0n) is 14.0. The summed E-state index contributed by atoms with van der Waals surface area (Å²) >= 11 is 0. The third-order valence-corrected chi connectivity index (χ3v) is 4.42. The number of ether oxygens (including phenoxy) is 1. The van der Waals surface area contributed by atoms with Gasteiger partial charge in [-0.05, 0) is 49.4 Å². The molecule has 2 atom stereocenters. The summed E-state index contributed by atoms with van der Waals surface area (Å²) in [6.07, 6.45) is 2.31. The number of nitro benzene ring substituents is 1. The number of non-ortho nitro benzene ring substituents is 1. The third-order valence-electron chi connectivity index (χ3n) is 4.42. The molecule has 1 amide bonds. The molecule has 0 radical (unpaired) electrons. The second kappa shape index (κ2) is 7.34. The fourth-order valence-corrected chi connectivity index (χ4v) is 3.10. The minimum atomic E-state index is -0.685. The van der Waals surface area contributed by atoms with Crippen LogP contribution in [-0.2, 0) is 11.2 Å². The van der Waals surface area contributed by atoms with Crippen LogP contribution in [0.15, 0.2) is 48.5 Å². The lowest BCUT2D eigenvalue weighted by molar-refractivity contribution is -0.384. The number of carbonyl (C=O) groups excluding carboxylic acids is 1. The summed E-state index contributed by atoms with van der Waals surface area (Å²) in [6.45, 7) is 1.67. The fourth-order valence-electron chi connectivity index (χ4n) is 3.10. The van der Waals surface area contributed by atoms with E-state index >= 15 is 0 Å². The number of hydrogen-bond acceptors (Lipinski definition) is 4. The number of nitro groups is 1. The molecule has 0 unspecified atom stereocenters. The Kier molecular flexibility index (Phi) is 4.97. The van der Waals surface area contributed by atoms with Gasteiger partial charge in [0.25, 0.3) is 11.6 Å². The molecule has 6 heteroatoms. The zero-order chi connectivity index (χ0) is 17.8. The summed E-state index contributed by atoms with van der Waals surface area (Å²) < 4.78 is 5.61. The van der Waals surface area contributed by atoms with E-state index in [-0.39, 0.29) is 17.6 Å². The molecule has 1 N–H and O–H groups in total. The highest BCUT2D eigenvalue weighted by Gasteiger charge is 2.24. The van der Waals surface area contributed by atoms with E-state index in [1.807, 2.05) is 12.1 Å². The summed E-state index contributed by atoms with van der Waals surface area (Å²) in [6, 6.07) is 13.9. The molecule has 1 aliphatic carbocycles. The Morgan fingerprint density at radius 2 is 1.96 bits per heavy atom. The number of rotatable bonds is 5. The van der Waals surface area contributed by atoms with Gasteiger partial charge in [0.15, 0.2) is 6.10 Å². The van der Waals surface area contributed by atoms with Crippen LogP contribution in [-0.4, -0.2) is 16.9 Å². The van der Waals surface area contributed by atoms with E-state index in [2.05, 4.69) is 17.4 Å². The number of fused-ring (bicyclic) bond motifs is 1. The Morgan fingerprint density at radius 1 is 1.24 bits per heavy atom. The van der Waals surface area contributed by atoms with E-state index in [0.717, 1.165) is 19.3 Å². The van der Waals surface area contributed by atoms with Gasteiger partial charge in [0.05, 0.1) is 11.0 Å². The first kappa shape index (κ1) is 17.0. The predicted molar refractivity (Wildman–Crippen MR) is 93.5 cm³/mol. The van der Waals surface area contributed by atoms with Crippen molar-refractivity contribution in [2.24, 2.45) is 0 Å². The van der Waals surface area contributed by atoms with Crippen molar-refractivity contribution < 1.29 is 14.5 Å². The van der Waals surface area contributed by atoms with Gasteiger partial charge < -0.3 is 10.1 Å². The Balaban J connectivity index is 1.62. The van der Waals surface area contributed by atoms with E-state index in [1.54, 1.807) is 6.92 Å². The maximum absolute atomic E-state index is 12.5. The molecular formula is C19H20N2O4. The lowest BCUT2D eigenvalue weighted by atomic mass is 9.87. The first-order valence-corrected chi connectivity index (χ1v) is 8.34. The number of nitrogens with zero attached hydrogens (tertiary/aromatic N) is 1. The van der Waals surface area contributed by atoms with Crippen LogP contribution in [0.1, 0.15) is 36.9 Å². The Hall–Kier alpha value is -2.89. The molecule has 0 saturated heterocycles. The normalized spacial score (nSPS) is 17.2. The van der Waals surface area contributed by atoms with Crippen LogP contribution in [0.3, 0.4) is 0 Å². The number of carbonyl (C=O) groups is 1. The fraction of sp³-hybridized carbons (Fsp3) is 0.316. The quantitative estimate of drug-likeness (QED) is 0.666. The Labute approximate surface area is 146 Å². The maximum atomic E-state index is 12.5. The van der Waals surface area contributed by atoms with Crippen molar-refractivity contribution in [2.75, 3.05) is 0 Å². The molecule has 25 heavy (non-hydrogen) atoms. The number of benzene rings is 2. The number of aryl methyl sites for hydroxylation is 1. The topological polar surface area (TPSA) is 81.5 Å². The average Bonchev–Trinajstić information content (AvgIpc) is 2.62. The van der Waals surface area contributed by atoms with Gasteiger partial charge in [-0.25, -0.2) is 0 Å². The number of amides is 1. The smallest absolute Gasteiger partial charge is 0.269 e. The molecular weight excluding hydrogens is 320 g/mol. The molecule has 0 bridgehead atoms. The summed E-state index contributed by atoms with van der Waals surface area (Å²) in [5, 5.41) is 13.7. The highest BCUT2D eigenvalue weighted by atomic mass is 16.6. The van der Waals surface area contributed by atoms with E-state index in [4.69, 9.17) is 4.74 Å². The molecule has 0 fully saturated rings. The highest BCUT2D eigenvalue weighted by molar-refractivity contribution is 5.81. The molecule has 0 aliphatic heterocycles. The van der Waals surface area contributed by atoms with Gasteiger partial charge in [0.1, 0.15) is 5.75 Å². The van der Waals surface area contributed by atoms with E-state index < -0.39 is 11.0 Å². The molecule has 2 aromatic rings. The monoisotopic (exact) mass is 340 g/mol. The van der Waals surface area contributed by atoms with Gasteiger partial charge in [-0.2, -0.15) is 0 Å². The van der Waals surface area contributed by atoms with Crippen molar-refractivity contribution in [3.63, 3.8) is 0 Å². The van der Waals surface area contributed by atoms with Crippen LogP contribution < -0.4 is 10.1 Å². The van der Waals surface area contributed by atoms with Crippen molar-refractivity contribution in [2.45, 2.75) is 38.3 Å². The van der Waals surface area contributed by atoms with E-state index in [1.165, 1.54) is 35.4 Å². The first-order valence-electron chi connectivity index (χ1n) is 8.34. The van der Waals surface area contributed by atoms with Crippen LogP contribution in [0.5, 0.6) is 5.75 Å². The van der Waals surface area contributed by atoms with Crippen molar-refractivity contribution in [3.05, 3.63) is 69.8 Å². The SMILES string of the molecule is C[C@H](Oc1ccc([N+](=O)[O-])cc1)C(=O)N[C@H]1CCCc2ccccc21. The van der Waals surface area contributed by atoms with Crippen LogP contribution in [0.2, 0.25) is 0 Å². The lowest BCUT2D eigenvalue weighted by Crippen LogP contribution is -2.39. The predicted octanol–water partition coefficient (Wildman–Crippen LogP) is 3.56. The second-order valence-corrected chi connectivity index (χ2v) is 6.16. The Morgan fingerprint density at radius 3 is 2.68 bits per heavy atom. The van der Waals surface area contributed by atoms with Crippen molar-refractivity contribution >= 4 is 11.6 Å².